The molecule has 0 saturated carbocycles. The summed E-state index contributed by atoms with van der Waals surface area (Å²) < 4.78 is 0. The highest BCUT2D eigenvalue weighted by atomic mass is 16.1. The van der Waals surface area contributed by atoms with Gasteiger partial charge >= 0.3 is 0 Å². The van der Waals surface area contributed by atoms with Gasteiger partial charge < -0.3 is 11.6 Å². The number of carbonyl (C=O) groups excluding carboxylic acids is 1. The van der Waals surface area contributed by atoms with Crippen LogP contribution in [0.4, 0.5) is 0 Å². The topological polar surface area (TPSA) is 83.6 Å². The largest absolute Gasteiger partial charge is 0.412 e. The van der Waals surface area contributed by atoms with Crippen molar-refractivity contribution in [1.82, 2.24) is 6.15 Å². The molecule has 0 fully saturated rings. The van der Waals surface area contributed by atoms with E-state index in [-0.39, 0.29) is 11.6 Å². The van der Waals surface area contributed by atoms with Crippen LogP contribution in [0.3, 0.4) is 0 Å². The van der Waals surface area contributed by atoms with Crippen molar-refractivity contribution in [2.45, 2.75) is 6.92 Å². The number of hydrogen-bond donors (Lipinski definition) is 1. The van der Waals surface area contributed by atoms with Gasteiger partial charge in [0, 0.05) is 0 Å². The fourth-order valence-electron chi connectivity index (χ4n) is 0. The number of aldehydes is 1. The first-order chi connectivity index (χ1) is 2.27. The summed E-state index contributed by atoms with van der Waals surface area (Å²) in [5.41, 5.74) is 0.574. The molecule has 0 rings (SSSR count). The molecule has 0 aromatic heterocycles. The van der Waals surface area contributed by atoms with E-state index in [2.05, 4.69) is 6.58 Å². The van der Waals surface area contributed by atoms with E-state index in [0.29, 0.717) is 5.57 Å². The van der Waals surface area contributed by atoms with E-state index in [4.69, 9.17) is 0 Å². The van der Waals surface area contributed by atoms with Crippen LogP contribution < -0.4 is 6.15 Å². The standard InChI is InChI=1S/C4H6O.H3N.H2O/c1-4(2)3-5;;/h3H,1H2,2H3;1H3;1H2. The zero-order chi connectivity index (χ0) is 4.28. The summed E-state index contributed by atoms with van der Waals surface area (Å²) in [6.45, 7) is 4.97. The first kappa shape index (κ1) is 16.2. The second-order valence-corrected chi connectivity index (χ2v) is 0.964. The fourth-order valence-corrected chi connectivity index (χ4v) is 0. The highest BCUT2D eigenvalue weighted by Gasteiger charge is 1.66. The van der Waals surface area contributed by atoms with Gasteiger partial charge in [0.15, 0.2) is 0 Å². The maximum Gasteiger partial charge on any atom is 0.145 e. The molecule has 0 radical (unpaired) electrons. The number of allylic oxidation sites excluding steroid dienone is 1. The predicted octanol–water partition coefficient (Wildman–Crippen LogP) is 0.0987. The maximum absolute atomic E-state index is 9.41. The summed E-state index contributed by atoms with van der Waals surface area (Å²) in [6.07, 6.45) is 0.722. The Balaban J connectivity index is -0.0000000800. The van der Waals surface area contributed by atoms with Crippen molar-refractivity contribution in [2.75, 3.05) is 0 Å². The van der Waals surface area contributed by atoms with Gasteiger partial charge in [-0.05, 0) is 12.5 Å². The van der Waals surface area contributed by atoms with E-state index in [1.165, 1.54) is 0 Å². The van der Waals surface area contributed by atoms with Crippen LogP contribution in [-0.4, -0.2) is 11.8 Å². The quantitative estimate of drug-likeness (QED) is 0.379. The average molecular weight is 105 g/mol. The number of rotatable bonds is 1. The third-order valence-electron chi connectivity index (χ3n) is 0.201. The second-order valence-electron chi connectivity index (χ2n) is 0.964. The third-order valence-corrected chi connectivity index (χ3v) is 0.201. The summed E-state index contributed by atoms with van der Waals surface area (Å²) >= 11 is 0. The Kier molecular flexibility index (Phi) is 20.9. The molecular weight excluding hydrogens is 94.0 g/mol. The zero-order valence-electron chi connectivity index (χ0n) is 4.40. The minimum atomic E-state index is 0. The molecule has 0 amide bonds. The molecule has 0 saturated heterocycles. The minimum absolute atomic E-state index is 0. The number of carbonyl (C=O) groups is 1. The van der Waals surface area contributed by atoms with Crippen LogP contribution >= 0.6 is 0 Å². The van der Waals surface area contributed by atoms with Gasteiger partial charge in [-0.25, -0.2) is 0 Å². The highest BCUT2D eigenvalue weighted by Crippen LogP contribution is 1.70. The lowest BCUT2D eigenvalue weighted by Crippen LogP contribution is -1.65. The SMILES string of the molecule is C=C(C)C=O.N.O. The summed E-state index contributed by atoms with van der Waals surface area (Å²) in [6, 6.07) is 0. The van der Waals surface area contributed by atoms with Gasteiger partial charge in [-0.3, -0.25) is 4.79 Å². The molecule has 0 aliphatic carbocycles. The van der Waals surface area contributed by atoms with Gasteiger partial charge in [-0.15, -0.1) is 0 Å². The van der Waals surface area contributed by atoms with Crippen molar-refractivity contribution >= 4 is 6.29 Å². The highest BCUT2D eigenvalue weighted by molar-refractivity contribution is 5.70. The van der Waals surface area contributed by atoms with Crippen LogP contribution in [0.1, 0.15) is 6.92 Å². The van der Waals surface area contributed by atoms with Crippen molar-refractivity contribution in [3.8, 4) is 0 Å². The summed E-state index contributed by atoms with van der Waals surface area (Å²) in [7, 11) is 0. The van der Waals surface area contributed by atoms with Gasteiger partial charge in [-0.2, -0.15) is 0 Å². The van der Waals surface area contributed by atoms with E-state index in [0.717, 1.165) is 6.29 Å². The molecule has 0 bridgehead atoms. The van der Waals surface area contributed by atoms with Gasteiger partial charge in [0.05, 0.1) is 0 Å². The summed E-state index contributed by atoms with van der Waals surface area (Å²) in [4.78, 5) is 9.41. The minimum Gasteiger partial charge on any atom is -0.412 e. The molecule has 0 unspecified atom stereocenters. The normalized spacial score (nSPS) is 4.71. The molecule has 7 heavy (non-hydrogen) atoms. The molecule has 5 N–H and O–H groups in total. The Morgan fingerprint density at radius 2 is 1.86 bits per heavy atom. The van der Waals surface area contributed by atoms with Crippen molar-refractivity contribution in [3.05, 3.63) is 12.2 Å². The maximum atomic E-state index is 9.41. The molecule has 0 atom stereocenters. The van der Waals surface area contributed by atoms with Crippen LogP contribution in [0, 0.1) is 0 Å². The Labute approximate surface area is 42.9 Å². The average Bonchev–Trinajstić information content (AvgIpc) is 1.38. The number of hydrogen-bond acceptors (Lipinski definition) is 2. The summed E-state index contributed by atoms with van der Waals surface area (Å²) in [5, 5.41) is 0. The first-order valence-corrected chi connectivity index (χ1v) is 1.38. The molecular formula is C4H11NO2. The van der Waals surface area contributed by atoms with Crippen LogP contribution in [-0.2, 0) is 4.79 Å². The zero-order valence-corrected chi connectivity index (χ0v) is 4.40. The van der Waals surface area contributed by atoms with E-state index in [9.17, 15) is 4.79 Å². The van der Waals surface area contributed by atoms with E-state index < -0.39 is 0 Å². The van der Waals surface area contributed by atoms with Crippen LogP contribution in [0.5, 0.6) is 0 Å². The first-order valence-electron chi connectivity index (χ1n) is 1.38. The molecule has 3 nitrogen and oxygen atoms in total. The molecule has 3 heteroatoms. The van der Waals surface area contributed by atoms with Gasteiger partial charge in [0.2, 0.25) is 0 Å². The lowest BCUT2D eigenvalue weighted by Gasteiger charge is -1.65. The molecule has 0 spiro atoms. The Hall–Kier alpha value is -0.670. The van der Waals surface area contributed by atoms with Gasteiger partial charge in [0.25, 0.3) is 0 Å². The van der Waals surface area contributed by atoms with Crippen molar-refractivity contribution in [2.24, 2.45) is 0 Å². The van der Waals surface area contributed by atoms with Crippen LogP contribution in [0.25, 0.3) is 0 Å². The lowest BCUT2D eigenvalue weighted by molar-refractivity contribution is -0.104. The van der Waals surface area contributed by atoms with Crippen LogP contribution in [0.15, 0.2) is 12.2 Å². The van der Waals surface area contributed by atoms with E-state index in [1.807, 2.05) is 0 Å². The van der Waals surface area contributed by atoms with Crippen molar-refractivity contribution in [3.63, 3.8) is 0 Å². The van der Waals surface area contributed by atoms with Crippen LogP contribution in [0.2, 0.25) is 0 Å². The molecule has 0 aliphatic heterocycles. The van der Waals surface area contributed by atoms with Crippen molar-refractivity contribution in [1.29, 1.82) is 0 Å². The smallest absolute Gasteiger partial charge is 0.145 e. The fraction of sp³-hybridized carbons (Fsp3) is 0.250. The van der Waals surface area contributed by atoms with Crippen molar-refractivity contribution < 1.29 is 10.3 Å². The van der Waals surface area contributed by atoms with E-state index in [1.54, 1.807) is 6.92 Å². The molecule has 0 aromatic carbocycles. The Bertz CT molecular complexity index is 60.7. The second kappa shape index (κ2) is 9.01. The molecule has 0 heterocycles. The molecule has 44 valence electrons. The third kappa shape index (κ3) is 33.4. The Morgan fingerprint density at radius 1 is 1.71 bits per heavy atom. The molecule has 0 aromatic rings. The lowest BCUT2D eigenvalue weighted by atomic mass is 10.4. The Morgan fingerprint density at radius 3 is 1.86 bits per heavy atom. The van der Waals surface area contributed by atoms with Gasteiger partial charge in [0.1, 0.15) is 6.29 Å². The molecule has 0 aliphatic rings. The summed E-state index contributed by atoms with van der Waals surface area (Å²) in [5.74, 6) is 0. The van der Waals surface area contributed by atoms with E-state index >= 15 is 0 Å². The predicted molar refractivity (Wildman–Crippen MR) is 29.5 cm³/mol. The monoisotopic (exact) mass is 105 g/mol. The van der Waals surface area contributed by atoms with Gasteiger partial charge in [-0.1, -0.05) is 6.58 Å².